The molecule has 9 heteroatoms. The number of rotatable bonds is 30. The second-order valence-corrected chi connectivity index (χ2v) is 18.4. The van der Waals surface area contributed by atoms with Crippen LogP contribution in [0.1, 0.15) is 103 Å². The van der Waals surface area contributed by atoms with Crippen LogP contribution >= 0.6 is 0 Å². The highest BCUT2D eigenvalue weighted by atomic mass is 28.2. The minimum absolute atomic E-state index is 0.446. The standard InChI is InChI=1S/C44H66O6Si3/c1-44(29-14-8-11-17-32-51-38-26-20-23-35(45-2)41(38)48-5,30-15-9-12-18-33-52-39-27-21-24-36(46-3)42(39)49-6)31-16-10-13-19-34-53-40-28-22-25-37(47-4)43(40)50-7/h20-28H,8-19,29-34H2,1-7H3. The molecule has 0 unspecified atom stereocenters. The fourth-order valence-corrected chi connectivity index (χ4v) is 11.1. The highest BCUT2D eigenvalue weighted by molar-refractivity contribution is 6.55. The molecule has 0 fully saturated rings. The zero-order valence-electron chi connectivity index (χ0n) is 33.9. The number of unbranched alkanes of at least 4 members (excludes halogenated alkanes) is 9. The Morgan fingerprint density at radius 2 is 0.660 bits per heavy atom. The zero-order chi connectivity index (χ0) is 38.2. The number of hydrogen-bond donors (Lipinski definition) is 0. The third-order valence-electron chi connectivity index (χ3n) is 10.3. The molecule has 0 N–H and O–H groups in total. The molecule has 3 aromatic rings. The molecule has 0 heterocycles. The van der Waals surface area contributed by atoms with Crippen LogP contribution in [0.25, 0.3) is 0 Å². The fourth-order valence-electron chi connectivity index (χ4n) is 7.21. The van der Waals surface area contributed by atoms with E-state index in [4.69, 9.17) is 28.4 Å². The van der Waals surface area contributed by atoms with E-state index in [-0.39, 0.29) is 0 Å². The maximum Gasteiger partial charge on any atom is 0.160 e. The van der Waals surface area contributed by atoms with Gasteiger partial charge in [0.1, 0.15) is 0 Å². The third-order valence-corrected chi connectivity index (χ3v) is 14.4. The van der Waals surface area contributed by atoms with Crippen molar-refractivity contribution in [2.24, 2.45) is 5.41 Å². The summed E-state index contributed by atoms with van der Waals surface area (Å²) in [5.74, 6) is 5.21. The second-order valence-electron chi connectivity index (χ2n) is 14.2. The molecule has 0 amide bonds. The molecular formula is C44H66O6Si3. The molecular weight excluding hydrogens is 709 g/mol. The van der Waals surface area contributed by atoms with Gasteiger partial charge in [0.05, 0.1) is 71.2 Å². The highest BCUT2D eigenvalue weighted by Gasteiger charge is 2.23. The zero-order valence-corrected chi connectivity index (χ0v) is 36.9. The van der Waals surface area contributed by atoms with E-state index in [0.29, 0.717) is 5.41 Å². The monoisotopic (exact) mass is 774 g/mol. The SMILES string of the molecule is COc1cccc([Si]CCCCCCC(C)(CCCCCC[Si]c2cccc(OC)c2OC)CCCCCC[Si]c2cccc(OC)c2OC)c1OC. The lowest BCUT2D eigenvalue weighted by Gasteiger charge is -2.30. The Bertz CT molecular complexity index is 1270. The van der Waals surface area contributed by atoms with Crippen LogP contribution in [-0.4, -0.2) is 71.2 Å². The first-order valence-electron chi connectivity index (χ1n) is 19.8. The molecule has 0 aliphatic heterocycles. The van der Waals surface area contributed by atoms with E-state index in [0.717, 1.165) is 63.1 Å². The minimum atomic E-state index is 0.446. The van der Waals surface area contributed by atoms with Gasteiger partial charge in [0.2, 0.25) is 0 Å². The lowest BCUT2D eigenvalue weighted by atomic mass is 9.76. The molecule has 0 aromatic heterocycles. The van der Waals surface area contributed by atoms with Gasteiger partial charge in [-0.15, -0.1) is 0 Å². The van der Waals surface area contributed by atoms with Crippen molar-refractivity contribution in [2.45, 2.75) is 121 Å². The largest absolute Gasteiger partial charge is 0.493 e. The van der Waals surface area contributed by atoms with Crippen molar-refractivity contribution in [3.63, 3.8) is 0 Å². The van der Waals surface area contributed by atoms with Gasteiger partial charge >= 0.3 is 0 Å². The van der Waals surface area contributed by atoms with Gasteiger partial charge in [0, 0.05) is 0 Å². The molecule has 0 atom stereocenters. The third kappa shape index (κ3) is 15.4. The van der Waals surface area contributed by atoms with Crippen LogP contribution in [-0.2, 0) is 0 Å². The molecule has 3 rings (SSSR count). The second kappa shape index (κ2) is 26.0. The number of ether oxygens (including phenoxy) is 6. The Morgan fingerprint density at radius 3 is 0.925 bits per heavy atom. The summed E-state index contributed by atoms with van der Waals surface area (Å²) in [4.78, 5) is 0. The first kappa shape index (κ1) is 44.5. The van der Waals surface area contributed by atoms with E-state index >= 15 is 0 Å². The minimum Gasteiger partial charge on any atom is -0.493 e. The normalized spacial score (nSPS) is 11.4. The Labute approximate surface area is 329 Å². The van der Waals surface area contributed by atoms with Gasteiger partial charge in [0.25, 0.3) is 0 Å². The maximum atomic E-state index is 5.65. The molecule has 0 aliphatic rings. The Hall–Kier alpha value is -2.89. The van der Waals surface area contributed by atoms with E-state index < -0.39 is 0 Å². The van der Waals surface area contributed by atoms with Crippen LogP contribution in [0, 0.1) is 5.41 Å². The summed E-state index contributed by atoms with van der Waals surface area (Å²) in [5.41, 5.74) is 0.446. The van der Waals surface area contributed by atoms with Gasteiger partial charge in [-0.2, -0.15) is 0 Å². The molecule has 6 radical (unpaired) electrons. The summed E-state index contributed by atoms with van der Waals surface area (Å²) in [6.07, 6.45) is 19.9. The lowest BCUT2D eigenvalue weighted by molar-refractivity contribution is 0.223. The molecule has 290 valence electrons. The van der Waals surface area contributed by atoms with Crippen molar-refractivity contribution in [2.75, 3.05) is 42.7 Å². The first-order chi connectivity index (χ1) is 25.9. The van der Waals surface area contributed by atoms with Gasteiger partial charge in [0.15, 0.2) is 34.5 Å². The Balaban J connectivity index is 1.40. The Kier molecular flexibility index (Phi) is 21.8. The summed E-state index contributed by atoms with van der Waals surface area (Å²) in [7, 11) is 12.7. The number of methoxy groups -OCH3 is 6. The van der Waals surface area contributed by atoms with E-state index in [1.54, 1.807) is 42.7 Å². The van der Waals surface area contributed by atoms with Gasteiger partial charge in [-0.1, -0.05) is 139 Å². The summed E-state index contributed by atoms with van der Waals surface area (Å²) in [6, 6.07) is 22.4. The molecule has 53 heavy (non-hydrogen) atoms. The van der Waals surface area contributed by atoms with Crippen molar-refractivity contribution in [1.82, 2.24) is 0 Å². The van der Waals surface area contributed by atoms with Crippen molar-refractivity contribution < 1.29 is 28.4 Å². The van der Waals surface area contributed by atoms with Crippen molar-refractivity contribution >= 4 is 44.1 Å². The summed E-state index contributed by atoms with van der Waals surface area (Å²) < 4.78 is 33.5. The van der Waals surface area contributed by atoms with Crippen LogP contribution in [0.2, 0.25) is 18.1 Å². The average Bonchev–Trinajstić information content (AvgIpc) is 3.19. The lowest BCUT2D eigenvalue weighted by Crippen LogP contribution is -2.18. The Morgan fingerprint density at radius 1 is 0.377 bits per heavy atom. The summed E-state index contributed by atoms with van der Waals surface area (Å²) in [6.45, 7) is 2.59. The van der Waals surface area contributed by atoms with Crippen molar-refractivity contribution in [3.05, 3.63) is 54.6 Å². The van der Waals surface area contributed by atoms with Crippen LogP contribution in [0.15, 0.2) is 54.6 Å². The van der Waals surface area contributed by atoms with Crippen LogP contribution in [0.3, 0.4) is 0 Å². The van der Waals surface area contributed by atoms with E-state index in [1.807, 2.05) is 18.2 Å². The molecule has 0 saturated carbocycles. The fraction of sp³-hybridized carbons (Fsp3) is 0.591. The average molecular weight is 775 g/mol. The van der Waals surface area contributed by atoms with Crippen LogP contribution in [0.5, 0.6) is 34.5 Å². The quantitative estimate of drug-likeness (QED) is 0.0498. The van der Waals surface area contributed by atoms with E-state index in [1.165, 1.54) is 130 Å². The number of benzene rings is 3. The van der Waals surface area contributed by atoms with Gasteiger partial charge in [-0.05, 0) is 58.4 Å². The van der Waals surface area contributed by atoms with Crippen LogP contribution in [0.4, 0.5) is 0 Å². The molecule has 3 aromatic carbocycles. The van der Waals surface area contributed by atoms with Crippen molar-refractivity contribution in [3.8, 4) is 34.5 Å². The van der Waals surface area contributed by atoms with E-state index in [2.05, 4.69) is 43.3 Å². The molecule has 6 nitrogen and oxygen atoms in total. The smallest absolute Gasteiger partial charge is 0.160 e. The molecule has 0 spiro atoms. The predicted molar refractivity (Wildman–Crippen MR) is 227 cm³/mol. The van der Waals surface area contributed by atoms with Crippen molar-refractivity contribution in [1.29, 1.82) is 0 Å². The highest BCUT2D eigenvalue weighted by Crippen LogP contribution is 2.37. The maximum absolute atomic E-state index is 5.65. The molecule has 0 saturated heterocycles. The van der Waals surface area contributed by atoms with Gasteiger partial charge in [-0.3, -0.25) is 0 Å². The summed E-state index contributed by atoms with van der Waals surface area (Å²) in [5, 5.41) is 3.83. The molecule has 0 aliphatic carbocycles. The van der Waals surface area contributed by atoms with Gasteiger partial charge in [-0.25, -0.2) is 0 Å². The first-order valence-corrected chi connectivity index (χ1v) is 23.4. The number of hydrogen-bond acceptors (Lipinski definition) is 6. The summed E-state index contributed by atoms with van der Waals surface area (Å²) >= 11 is 0. The van der Waals surface area contributed by atoms with Crippen LogP contribution < -0.4 is 44.0 Å². The van der Waals surface area contributed by atoms with Gasteiger partial charge < -0.3 is 28.4 Å². The molecule has 0 bridgehead atoms. The predicted octanol–water partition coefficient (Wildman–Crippen LogP) is 9.24. The van der Waals surface area contributed by atoms with E-state index in [9.17, 15) is 0 Å². The number of para-hydroxylation sites is 3. The topological polar surface area (TPSA) is 55.4 Å².